The topological polar surface area (TPSA) is 65.1 Å². The second kappa shape index (κ2) is 8.86. The van der Waals surface area contributed by atoms with Gasteiger partial charge in [-0.3, -0.25) is 9.59 Å². The van der Waals surface area contributed by atoms with Gasteiger partial charge in [0.05, 0.1) is 20.6 Å². The lowest BCUT2D eigenvalue weighted by Crippen LogP contribution is -2.52. The van der Waals surface area contributed by atoms with Crippen molar-refractivity contribution >= 4 is 11.7 Å². The molecule has 2 heterocycles. The number of ketones is 1. The van der Waals surface area contributed by atoms with Gasteiger partial charge in [0.2, 0.25) is 0 Å². The fraction of sp³-hybridized carbons (Fsp3) is 0.286. The summed E-state index contributed by atoms with van der Waals surface area (Å²) in [4.78, 5) is 28.0. The Labute approximate surface area is 199 Å². The van der Waals surface area contributed by atoms with Gasteiger partial charge in [0.25, 0.3) is 5.91 Å². The van der Waals surface area contributed by atoms with E-state index < -0.39 is 5.60 Å². The predicted molar refractivity (Wildman–Crippen MR) is 129 cm³/mol. The second-order valence-corrected chi connectivity index (χ2v) is 8.82. The number of carbonyl (C=O) groups excluding carboxylic acids is 2. The summed E-state index contributed by atoms with van der Waals surface area (Å²) in [5, 5.41) is 0. The molecule has 1 amide bonds. The molecule has 0 aromatic heterocycles. The van der Waals surface area contributed by atoms with E-state index in [1.165, 1.54) is 7.11 Å². The number of methoxy groups -OCH3 is 2. The van der Waals surface area contributed by atoms with E-state index in [2.05, 4.69) is 12.1 Å². The van der Waals surface area contributed by atoms with Crippen LogP contribution in [0.1, 0.15) is 40.0 Å². The third kappa shape index (κ3) is 4.00. The van der Waals surface area contributed by atoms with Crippen molar-refractivity contribution in [3.63, 3.8) is 0 Å². The van der Waals surface area contributed by atoms with Crippen LogP contribution in [0.15, 0.2) is 66.7 Å². The maximum absolute atomic E-state index is 13.1. The molecule has 0 radical (unpaired) electrons. The predicted octanol–water partition coefficient (Wildman–Crippen LogP) is 5.01. The lowest BCUT2D eigenvalue weighted by Gasteiger charge is -2.44. The van der Waals surface area contributed by atoms with Crippen LogP contribution < -0.4 is 14.2 Å². The van der Waals surface area contributed by atoms with Crippen molar-refractivity contribution in [2.75, 3.05) is 27.3 Å². The van der Waals surface area contributed by atoms with E-state index in [1.54, 1.807) is 19.2 Å². The van der Waals surface area contributed by atoms with E-state index >= 15 is 0 Å². The molecule has 3 aromatic rings. The third-order valence-electron chi connectivity index (χ3n) is 6.78. The number of carbonyl (C=O) groups is 2. The quantitative estimate of drug-likeness (QED) is 0.551. The molecule has 34 heavy (non-hydrogen) atoms. The van der Waals surface area contributed by atoms with Gasteiger partial charge in [0.1, 0.15) is 28.4 Å². The highest BCUT2D eigenvalue weighted by atomic mass is 16.5. The van der Waals surface area contributed by atoms with E-state index in [-0.39, 0.29) is 18.1 Å². The zero-order valence-electron chi connectivity index (χ0n) is 19.4. The maximum Gasteiger partial charge on any atom is 0.253 e. The molecular formula is C28H27NO5. The zero-order chi connectivity index (χ0) is 23.7. The number of nitrogens with zero attached hydrogens (tertiary/aromatic N) is 1. The average molecular weight is 458 g/mol. The fourth-order valence-corrected chi connectivity index (χ4v) is 4.86. The van der Waals surface area contributed by atoms with E-state index in [9.17, 15) is 9.59 Å². The van der Waals surface area contributed by atoms with Crippen LogP contribution in [0.5, 0.6) is 17.2 Å². The van der Waals surface area contributed by atoms with Crippen molar-refractivity contribution in [3.8, 4) is 28.4 Å². The minimum Gasteiger partial charge on any atom is -0.496 e. The molecule has 1 saturated heterocycles. The number of amides is 1. The van der Waals surface area contributed by atoms with Crippen LogP contribution in [-0.4, -0.2) is 49.5 Å². The van der Waals surface area contributed by atoms with Crippen LogP contribution in [0.3, 0.4) is 0 Å². The monoisotopic (exact) mass is 457 g/mol. The summed E-state index contributed by atoms with van der Waals surface area (Å²) in [7, 11) is 3.10. The van der Waals surface area contributed by atoms with Crippen molar-refractivity contribution in [2.45, 2.75) is 24.9 Å². The van der Waals surface area contributed by atoms with Gasteiger partial charge in [0, 0.05) is 43.6 Å². The molecule has 3 aromatic carbocycles. The molecule has 0 unspecified atom stereocenters. The molecule has 174 valence electrons. The number of rotatable bonds is 4. The van der Waals surface area contributed by atoms with E-state index in [4.69, 9.17) is 14.2 Å². The Morgan fingerprint density at radius 3 is 2.24 bits per heavy atom. The number of piperidine rings is 1. The highest BCUT2D eigenvalue weighted by Crippen LogP contribution is 2.44. The zero-order valence-corrected chi connectivity index (χ0v) is 19.4. The average Bonchev–Trinajstić information content (AvgIpc) is 2.88. The lowest BCUT2D eigenvalue weighted by atomic mass is 9.82. The minimum atomic E-state index is -0.616. The van der Waals surface area contributed by atoms with Crippen molar-refractivity contribution in [3.05, 3.63) is 77.9 Å². The molecular weight excluding hydrogens is 430 g/mol. The molecule has 0 aliphatic carbocycles. The summed E-state index contributed by atoms with van der Waals surface area (Å²) in [5.74, 6) is 1.52. The molecule has 0 N–H and O–H groups in total. The first-order chi connectivity index (χ1) is 16.5. The lowest BCUT2D eigenvalue weighted by molar-refractivity contribution is -0.00610. The summed E-state index contributed by atoms with van der Waals surface area (Å²) >= 11 is 0. The summed E-state index contributed by atoms with van der Waals surface area (Å²) in [6.07, 6.45) is 1.45. The Hall–Kier alpha value is -3.80. The molecule has 6 heteroatoms. The number of likely N-dealkylation sites (tertiary alicyclic amines) is 1. The minimum absolute atomic E-state index is 0.000311. The van der Waals surface area contributed by atoms with Gasteiger partial charge in [-0.15, -0.1) is 0 Å². The van der Waals surface area contributed by atoms with Gasteiger partial charge in [-0.05, 0) is 23.3 Å². The van der Waals surface area contributed by atoms with Crippen molar-refractivity contribution in [1.29, 1.82) is 0 Å². The Balaban J connectivity index is 1.29. The Bertz CT molecular complexity index is 1210. The Kier molecular flexibility index (Phi) is 5.74. The molecule has 0 saturated carbocycles. The van der Waals surface area contributed by atoms with Crippen molar-refractivity contribution in [1.82, 2.24) is 4.90 Å². The molecule has 1 spiro atoms. The summed E-state index contributed by atoms with van der Waals surface area (Å²) in [5.41, 5.74) is 2.71. The van der Waals surface area contributed by atoms with Crippen LogP contribution in [0.25, 0.3) is 11.1 Å². The molecule has 0 atom stereocenters. The fourth-order valence-electron chi connectivity index (χ4n) is 4.86. The standard InChI is InChI=1S/C28H27NO5/c1-32-22-16-24(33-2)26-23(30)18-28(34-25(26)17-22)12-14-29(15-13-28)27(31)21-10-8-20(9-11-21)19-6-4-3-5-7-19/h3-11,16-17H,12-15,18H2,1-2H3. The Morgan fingerprint density at radius 1 is 0.912 bits per heavy atom. The van der Waals surface area contributed by atoms with Gasteiger partial charge < -0.3 is 19.1 Å². The van der Waals surface area contributed by atoms with Crippen LogP contribution in [0, 0.1) is 0 Å². The van der Waals surface area contributed by atoms with Crippen LogP contribution in [0.2, 0.25) is 0 Å². The highest BCUT2D eigenvalue weighted by Gasteiger charge is 2.45. The Morgan fingerprint density at radius 2 is 1.59 bits per heavy atom. The van der Waals surface area contributed by atoms with Crippen molar-refractivity contribution < 1.29 is 23.8 Å². The van der Waals surface area contributed by atoms with Crippen LogP contribution in [0.4, 0.5) is 0 Å². The summed E-state index contributed by atoms with van der Waals surface area (Å²) in [6.45, 7) is 1.06. The first-order valence-electron chi connectivity index (χ1n) is 11.4. The summed E-state index contributed by atoms with van der Waals surface area (Å²) < 4.78 is 17.1. The molecule has 0 bridgehead atoms. The van der Waals surface area contributed by atoms with Crippen LogP contribution in [-0.2, 0) is 0 Å². The molecule has 6 nitrogen and oxygen atoms in total. The molecule has 5 rings (SSSR count). The number of benzene rings is 3. The van der Waals surface area contributed by atoms with Gasteiger partial charge in [-0.25, -0.2) is 0 Å². The molecule has 2 aliphatic heterocycles. The molecule has 2 aliphatic rings. The normalized spacial score (nSPS) is 16.5. The maximum atomic E-state index is 13.1. The summed E-state index contributed by atoms with van der Waals surface area (Å²) in [6, 6.07) is 21.2. The van der Waals surface area contributed by atoms with E-state index in [0.717, 1.165) is 11.1 Å². The first-order valence-corrected chi connectivity index (χ1v) is 11.4. The second-order valence-electron chi connectivity index (χ2n) is 8.82. The number of fused-ring (bicyclic) bond motifs is 1. The number of ether oxygens (including phenoxy) is 3. The van der Waals surface area contributed by atoms with E-state index in [1.807, 2.05) is 47.4 Å². The number of hydrogen-bond acceptors (Lipinski definition) is 5. The van der Waals surface area contributed by atoms with Crippen molar-refractivity contribution in [2.24, 2.45) is 0 Å². The largest absolute Gasteiger partial charge is 0.496 e. The van der Waals surface area contributed by atoms with Gasteiger partial charge in [-0.1, -0.05) is 42.5 Å². The number of Topliss-reactive ketones (excluding diaryl/α,β-unsaturated/α-hetero) is 1. The SMILES string of the molecule is COc1cc(OC)c2c(c1)OC1(CCN(C(=O)c3ccc(-c4ccccc4)cc3)CC1)CC2=O. The van der Waals surface area contributed by atoms with Gasteiger partial charge >= 0.3 is 0 Å². The molecule has 1 fully saturated rings. The smallest absolute Gasteiger partial charge is 0.253 e. The van der Waals surface area contributed by atoms with E-state index in [0.29, 0.717) is 54.3 Å². The van der Waals surface area contributed by atoms with Gasteiger partial charge in [-0.2, -0.15) is 0 Å². The third-order valence-corrected chi connectivity index (χ3v) is 6.78. The number of hydrogen-bond donors (Lipinski definition) is 0. The van der Waals surface area contributed by atoms with Crippen LogP contribution >= 0.6 is 0 Å². The first kappa shape index (κ1) is 22.0. The highest BCUT2D eigenvalue weighted by molar-refractivity contribution is 6.03. The van der Waals surface area contributed by atoms with Gasteiger partial charge in [0.15, 0.2) is 5.78 Å².